The topological polar surface area (TPSA) is 146 Å². The van der Waals surface area contributed by atoms with Gasteiger partial charge in [0.05, 0.1) is 6.61 Å². The van der Waals surface area contributed by atoms with Crippen LogP contribution in [0.3, 0.4) is 0 Å². The first-order valence-electron chi connectivity index (χ1n) is 8.71. The quantitative estimate of drug-likeness (QED) is 0.316. The Morgan fingerprint density at radius 1 is 1.21 bits per heavy atom. The first-order valence-corrected chi connectivity index (χ1v) is 8.71. The summed E-state index contributed by atoms with van der Waals surface area (Å²) in [5.74, 6) is -0.821. The Kier molecular flexibility index (Phi) is 7.12. The summed E-state index contributed by atoms with van der Waals surface area (Å²) in [4.78, 5) is 14.5. The van der Waals surface area contributed by atoms with Gasteiger partial charge in [0.1, 0.15) is 36.0 Å². The van der Waals surface area contributed by atoms with Gasteiger partial charge in [-0.2, -0.15) is 5.26 Å². The molecular formula is C19H25N3O6. The molecule has 0 bridgehead atoms. The van der Waals surface area contributed by atoms with E-state index in [1.54, 1.807) is 19.1 Å². The number of carbonyl (C=O) groups is 1. The summed E-state index contributed by atoms with van der Waals surface area (Å²) in [6.45, 7) is 1.00. The van der Waals surface area contributed by atoms with Gasteiger partial charge in [0.25, 0.3) is 5.91 Å². The number of amides is 1. The number of benzene rings is 1. The molecule has 5 N–H and O–H groups in total. The molecule has 1 amide bonds. The van der Waals surface area contributed by atoms with Gasteiger partial charge in [0.15, 0.2) is 6.29 Å². The van der Waals surface area contributed by atoms with E-state index in [4.69, 9.17) is 9.84 Å². The second-order valence-electron chi connectivity index (χ2n) is 6.78. The molecule has 5 atom stereocenters. The van der Waals surface area contributed by atoms with Gasteiger partial charge in [-0.05, 0) is 30.2 Å². The molecule has 1 saturated heterocycles. The minimum atomic E-state index is -1.65. The van der Waals surface area contributed by atoms with Crippen molar-refractivity contribution in [2.24, 2.45) is 0 Å². The minimum Gasteiger partial charge on any atom is -0.394 e. The molecule has 1 unspecified atom stereocenters. The normalized spacial score (nSPS) is 28.1. The van der Waals surface area contributed by atoms with Crippen LogP contribution in [0.2, 0.25) is 0 Å². The first kappa shape index (κ1) is 21.8. The molecule has 0 aliphatic carbocycles. The van der Waals surface area contributed by atoms with Crippen molar-refractivity contribution < 1.29 is 30.0 Å². The summed E-state index contributed by atoms with van der Waals surface area (Å²) in [5.41, 5.74) is 1.84. The monoisotopic (exact) mass is 391 g/mol. The Bertz CT molecular complexity index is 771. The zero-order valence-corrected chi connectivity index (χ0v) is 15.9. The third kappa shape index (κ3) is 4.49. The molecule has 0 radical (unpaired) electrons. The number of nitriles is 1. The van der Waals surface area contributed by atoms with Crippen molar-refractivity contribution in [1.29, 1.82) is 5.26 Å². The third-order valence-corrected chi connectivity index (χ3v) is 4.73. The van der Waals surface area contributed by atoms with Gasteiger partial charge >= 0.3 is 0 Å². The van der Waals surface area contributed by atoms with Gasteiger partial charge in [0, 0.05) is 19.8 Å². The molecule has 1 aliphatic heterocycles. The molecule has 9 nitrogen and oxygen atoms in total. The molecule has 0 aromatic heterocycles. The summed E-state index contributed by atoms with van der Waals surface area (Å²) in [6.07, 6.45) is -5.92. The molecule has 1 heterocycles. The Morgan fingerprint density at radius 3 is 2.32 bits per heavy atom. The first-order chi connectivity index (χ1) is 13.2. The summed E-state index contributed by atoms with van der Waals surface area (Å²) in [6, 6.07) is 7.72. The number of allylic oxidation sites excluding steroid dienone is 1. The summed E-state index contributed by atoms with van der Waals surface area (Å²) >= 11 is 0. The van der Waals surface area contributed by atoms with Gasteiger partial charge in [-0.3, -0.25) is 4.79 Å². The van der Waals surface area contributed by atoms with Gasteiger partial charge < -0.3 is 35.4 Å². The van der Waals surface area contributed by atoms with E-state index in [-0.39, 0.29) is 5.57 Å². The van der Waals surface area contributed by atoms with Crippen molar-refractivity contribution >= 4 is 17.2 Å². The average molecular weight is 391 g/mol. The Balaban J connectivity index is 2.23. The molecule has 1 aromatic carbocycles. The lowest BCUT2D eigenvalue weighted by Crippen LogP contribution is -2.64. The van der Waals surface area contributed by atoms with Crippen LogP contribution in [0.1, 0.15) is 12.5 Å². The molecule has 1 fully saturated rings. The summed E-state index contributed by atoms with van der Waals surface area (Å²) in [7, 11) is 3.79. The number of anilines is 1. The summed E-state index contributed by atoms with van der Waals surface area (Å²) < 4.78 is 5.00. The number of hydrogen-bond acceptors (Lipinski definition) is 8. The molecule has 0 spiro atoms. The van der Waals surface area contributed by atoms with Crippen LogP contribution in [-0.4, -0.2) is 77.7 Å². The van der Waals surface area contributed by atoms with Gasteiger partial charge in [-0.25, -0.2) is 0 Å². The van der Waals surface area contributed by atoms with E-state index in [1.807, 2.05) is 37.2 Å². The molecule has 28 heavy (non-hydrogen) atoms. The maximum Gasteiger partial charge on any atom is 0.262 e. The number of hydrogen-bond donors (Lipinski definition) is 5. The Labute approximate surface area is 163 Å². The summed E-state index contributed by atoms with van der Waals surface area (Å²) in [5, 5.41) is 50.9. The highest BCUT2D eigenvalue weighted by atomic mass is 16.6. The Hall–Kier alpha value is -2.48. The maximum absolute atomic E-state index is 12.6. The van der Waals surface area contributed by atoms with E-state index < -0.39 is 43.2 Å². The third-order valence-electron chi connectivity index (χ3n) is 4.73. The standard InChI is InChI=1S/C19H25N3O6/c1-10(11-4-6-12(7-5-11)22(2)3)13(8-20)18(26)21-15-17(25)16(24)14(9-23)28-19(15)27/h4-7,14-17,19,23-25,27H,9H2,1-3H3,(H,21,26)/b13-10+/t14-,15-,16-,17-,19?/m1/s1. The second kappa shape index (κ2) is 9.14. The lowest BCUT2D eigenvalue weighted by atomic mass is 9.96. The van der Waals surface area contributed by atoms with Crippen LogP contribution < -0.4 is 10.2 Å². The van der Waals surface area contributed by atoms with E-state index >= 15 is 0 Å². The molecule has 152 valence electrons. The van der Waals surface area contributed by atoms with Crippen LogP contribution in [-0.2, 0) is 9.53 Å². The van der Waals surface area contributed by atoms with Crippen LogP contribution in [0.4, 0.5) is 5.69 Å². The molecule has 0 saturated carbocycles. The number of rotatable bonds is 5. The van der Waals surface area contributed by atoms with Gasteiger partial charge in [0.2, 0.25) is 0 Å². The molecule has 1 aliphatic rings. The highest BCUT2D eigenvalue weighted by Gasteiger charge is 2.44. The number of carbonyl (C=O) groups excluding carboxylic acids is 1. The number of aliphatic hydroxyl groups excluding tert-OH is 4. The van der Waals surface area contributed by atoms with E-state index in [0.717, 1.165) is 5.69 Å². The van der Waals surface area contributed by atoms with Gasteiger partial charge in [-0.15, -0.1) is 0 Å². The second-order valence-corrected chi connectivity index (χ2v) is 6.78. The average Bonchev–Trinajstić information content (AvgIpc) is 2.68. The van der Waals surface area contributed by atoms with Crippen LogP contribution >= 0.6 is 0 Å². The largest absolute Gasteiger partial charge is 0.394 e. The van der Waals surface area contributed by atoms with Crippen LogP contribution in [0.5, 0.6) is 0 Å². The smallest absolute Gasteiger partial charge is 0.262 e. The predicted molar refractivity (Wildman–Crippen MR) is 101 cm³/mol. The maximum atomic E-state index is 12.6. The predicted octanol–water partition coefficient (Wildman–Crippen LogP) is -1.03. The van der Waals surface area contributed by atoms with E-state index in [1.165, 1.54) is 0 Å². The molecule has 1 aromatic rings. The van der Waals surface area contributed by atoms with Crippen molar-refractivity contribution in [2.75, 3.05) is 25.6 Å². The lowest BCUT2D eigenvalue weighted by molar-refractivity contribution is -0.253. The highest BCUT2D eigenvalue weighted by molar-refractivity contribution is 6.04. The van der Waals surface area contributed by atoms with E-state index in [0.29, 0.717) is 11.1 Å². The van der Waals surface area contributed by atoms with Crippen molar-refractivity contribution in [1.82, 2.24) is 5.32 Å². The number of nitrogens with one attached hydrogen (secondary N) is 1. The van der Waals surface area contributed by atoms with Crippen molar-refractivity contribution in [3.05, 3.63) is 35.4 Å². The van der Waals surface area contributed by atoms with Crippen LogP contribution in [0, 0.1) is 11.3 Å². The van der Waals surface area contributed by atoms with Crippen molar-refractivity contribution in [3.8, 4) is 6.07 Å². The number of ether oxygens (including phenoxy) is 1. The van der Waals surface area contributed by atoms with Gasteiger partial charge in [-0.1, -0.05) is 12.1 Å². The Morgan fingerprint density at radius 2 is 1.82 bits per heavy atom. The SMILES string of the molecule is C/C(=C(/C#N)C(=O)N[C@H]1C(O)O[C@H](CO)[C@@H](O)[C@@H]1O)c1ccc(N(C)C)cc1. The highest BCUT2D eigenvalue weighted by Crippen LogP contribution is 2.23. The van der Waals surface area contributed by atoms with Crippen molar-refractivity contribution in [2.45, 2.75) is 37.6 Å². The fraction of sp³-hybridized carbons (Fsp3) is 0.474. The zero-order chi connectivity index (χ0) is 21.0. The van der Waals surface area contributed by atoms with Crippen molar-refractivity contribution in [3.63, 3.8) is 0 Å². The lowest BCUT2D eigenvalue weighted by Gasteiger charge is -2.40. The minimum absolute atomic E-state index is 0.198. The molecular weight excluding hydrogens is 366 g/mol. The van der Waals surface area contributed by atoms with E-state index in [9.17, 15) is 25.4 Å². The zero-order valence-electron chi connectivity index (χ0n) is 15.9. The number of nitrogens with zero attached hydrogens (tertiary/aromatic N) is 2. The number of aliphatic hydroxyl groups is 4. The fourth-order valence-corrected chi connectivity index (χ4v) is 2.94. The van der Waals surface area contributed by atoms with Crippen LogP contribution in [0.15, 0.2) is 29.8 Å². The van der Waals surface area contributed by atoms with Crippen LogP contribution in [0.25, 0.3) is 5.57 Å². The molecule has 2 rings (SSSR count). The fourth-order valence-electron chi connectivity index (χ4n) is 2.94. The van der Waals surface area contributed by atoms with E-state index in [2.05, 4.69) is 5.32 Å². The molecule has 9 heteroatoms.